The molecule has 1 rings (SSSR count). The molecule has 1 unspecified atom stereocenters. The monoisotopic (exact) mass is 243 g/mol. The van der Waals surface area contributed by atoms with Crippen molar-refractivity contribution in [1.29, 1.82) is 0 Å². The zero-order chi connectivity index (χ0) is 11.5. The molecule has 0 fully saturated rings. The van der Waals surface area contributed by atoms with Crippen molar-refractivity contribution in [3.8, 4) is 0 Å². The highest BCUT2D eigenvalue weighted by molar-refractivity contribution is 7.95. The van der Waals surface area contributed by atoms with Crippen molar-refractivity contribution in [3.05, 3.63) is 34.5 Å². The molecule has 2 nitrogen and oxygen atoms in total. The van der Waals surface area contributed by atoms with Crippen LogP contribution in [0, 0.1) is 0 Å². The molecule has 0 bridgehead atoms. The van der Waals surface area contributed by atoms with E-state index in [0.29, 0.717) is 5.02 Å². The number of aromatic nitrogens is 1. The predicted octanol–water partition coefficient (Wildman–Crippen LogP) is 3.25. The molecule has 0 saturated carbocycles. The van der Waals surface area contributed by atoms with Crippen molar-refractivity contribution in [3.63, 3.8) is 0 Å². The summed E-state index contributed by atoms with van der Waals surface area (Å²) in [5.41, 5.74) is 0.722. The van der Waals surface area contributed by atoms with Crippen LogP contribution in [-0.4, -0.2) is 14.3 Å². The van der Waals surface area contributed by atoms with Gasteiger partial charge in [0.05, 0.1) is 5.69 Å². The van der Waals surface area contributed by atoms with E-state index >= 15 is 0 Å². The van der Waals surface area contributed by atoms with E-state index in [4.69, 9.17) is 11.6 Å². The smallest absolute Gasteiger partial charge is 0.122 e. The van der Waals surface area contributed by atoms with Crippen molar-refractivity contribution in [2.24, 2.45) is 0 Å². The fourth-order valence-electron chi connectivity index (χ4n) is 0.848. The van der Waals surface area contributed by atoms with Crippen LogP contribution >= 0.6 is 11.6 Å². The van der Waals surface area contributed by atoms with E-state index in [0.717, 1.165) is 5.69 Å². The molecule has 0 radical (unpaired) electrons. The predicted molar refractivity (Wildman–Crippen MR) is 66.2 cm³/mol. The molecular weight excluding hydrogens is 230 g/mol. The third-order valence-corrected chi connectivity index (χ3v) is 3.53. The van der Waals surface area contributed by atoms with Crippen molar-refractivity contribution in [1.82, 2.24) is 4.98 Å². The summed E-state index contributed by atoms with van der Waals surface area (Å²) in [5, 5.41) is 2.28. The fraction of sp³-hybridized carbons (Fsp3) is 0.364. The molecule has 82 valence electrons. The molecule has 1 aromatic heterocycles. The molecule has 4 heteroatoms. The maximum atomic E-state index is 11.7. The first-order valence-electron chi connectivity index (χ1n) is 4.60. The van der Waals surface area contributed by atoms with E-state index in [9.17, 15) is 4.55 Å². The van der Waals surface area contributed by atoms with Crippen LogP contribution in [-0.2, 0) is 11.2 Å². The maximum Gasteiger partial charge on any atom is 0.122 e. The minimum atomic E-state index is -1.01. The molecule has 1 heterocycles. The highest BCUT2D eigenvalue weighted by Crippen LogP contribution is 2.18. The van der Waals surface area contributed by atoms with Crippen LogP contribution in [0.25, 0.3) is 6.08 Å². The van der Waals surface area contributed by atoms with Gasteiger partial charge < -0.3 is 4.55 Å². The Labute approximate surface area is 98.5 Å². The topological polar surface area (TPSA) is 36.0 Å². The van der Waals surface area contributed by atoms with Crippen LogP contribution in [0.1, 0.15) is 26.5 Å². The van der Waals surface area contributed by atoms with Crippen molar-refractivity contribution < 1.29 is 4.55 Å². The second kappa shape index (κ2) is 5.01. The molecule has 1 aromatic rings. The largest absolute Gasteiger partial charge is 0.611 e. The van der Waals surface area contributed by atoms with Crippen LogP contribution < -0.4 is 0 Å². The Morgan fingerprint density at radius 2 is 2.13 bits per heavy atom. The molecule has 0 saturated heterocycles. The van der Waals surface area contributed by atoms with Crippen LogP contribution in [0.3, 0.4) is 0 Å². The van der Waals surface area contributed by atoms with Crippen molar-refractivity contribution >= 4 is 28.9 Å². The first-order chi connectivity index (χ1) is 6.89. The standard InChI is InChI=1S/C11H14ClNOS/c1-11(2,3)15(14)7-5-10-8-9(12)4-6-13-10/h4-8H,1-3H3/b7-5+. The number of halogens is 1. The number of pyridine rings is 1. The van der Waals surface area contributed by atoms with E-state index in [1.807, 2.05) is 20.8 Å². The summed E-state index contributed by atoms with van der Waals surface area (Å²) in [6.45, 7) is 5.79. The van der Waals surface area contributed by atoms with Crippen molar-refractivity contribution in [2.45, 2.75) is 25.5 Å². The quantitative estimate of drug-likeness (QED) is 0.748. The Balaban J connectivity index is 2.74. The van der Waals surface area contributed by atoms with Gasteiger partial charge in [-0.15, -0.1) is 0 Å². The average Bonchev–Trinajstić information content (AvgIpc) is 2.12. The van der Waals surface area contributed by atoms with Gasteiger partial charge in [-0.1, -0.05) is 11.6 Å². The zero-order valence-electron chi connectivity index (χ0n) is 9.03. The van der Waals surface area contributed by atoms with Crippen LogP contribution in [0.5, 0.6) is 0 Å². The Morgan fingerprint density at radius 1 is 1.47 bits per heavy atom. The van der Waals surface area contributed by atoms with E-state index in [2.05, 4.69) is 4.98 Å². The molecule has 1 atom stereocenters. The van der Waals surface area contributed by atoms with Gasteiger partial charge in [0.2, 0.25) is 0 Å². The molecule has 0 aliphatic carbocycles. The first-order valence-corrected chi connectivity index (χ1v) is 6.19. The number of hydrogen-bond acceptors (Lipinski definition) is 2. The summed E-state index contributed by atoms with van der Waals surface area (Å²) in [4.78, 5) is 4.09. The van der Waals surface area contributed by atoms with E-state index in [-0.39, 0.29) is 4.75 Å². The zero-order valence-corrected chi connectivity index (χ0v) is 10.6. The lowest BCUT2D eigenvalue weighted by Gasteiger charge is -2.20. The molecule has 0 aliphatic rings. The summed E-state index contributed by atoms with van der Waals surface area (Å²) in [5.74, 6) is 0. The van der Waals surface area contributed by atoms with Gasteiger partial charge in [-0.3, -0.25) is 4.98 Å². The Hall–Kier alpha value is -0.510. The Morgan fingerprint density at radius 3 is 2.67 bits per heavy atom. The molecule has 15 heavy (non-hydrogen) atoms. The van der Waals surface area contributed by atoms with Gasteiger partial charge in [0.1, 0.15) is 10.2 Å². The Bertz CT molecular complexity index is 360. The number of nitrogens with zero attached hydrogens (tertiary/aromatic N) is 1. The maximum absolute atomic E-state index is 11.7. The normalized spacial score (nSPS) is 14.5. The minimum Gasteiger partial charge on any atom is -0.611 e. The fourth-order valence-corrected chi connectivity index (χ4v) is 1.69. The summed E-state index contributed by atoms with van der Waals surface area (Å²) in [6.07, 6.45) is 3.36. The molecule has 0 aliphatic heterocycles. The summed E-state index contributed by atoms with van der Waals surface area (Å²) < 4.78 is 11.4. The van der Waals surface area contributed by atoms with Gasteiger partial charge in [-0.05, 0) is 44.1 Å². The lowest BCUT2D eigenvalue weighted by molar-refractivity contribution is 0.569. The Kier molecular flexibility index (Phi) is 4.20. The van der Waals surface area contributed by atoms with E-state index in [1.165, 1.54) is 0 Å². The SMILES string of the molecule is CC(C)(C)[S+]([O-])/C=C/c1cc(Cl)ccn1. The highest BCUT2D eigenvalue weighted by Gasteiger charge is 2.23. The number of hydrogen-bond donors (Lipinski definition) is 0. The molecule has 0 amide bonds. The van der Waals surface area contributed by atoms with Gasteiger partial charge in [0, 0.05) is 17.3 Å². The van der Waals surface area contributed by atoms with Gasteiger partial charge in [0.15, 0.2) is 0 Å². The number of rotatable bonds is 2. The molecular formula is C11H14ClNOS. The second-order valence-electron chi connectivity index (χ2n) is 4.11. The highest BCUT2D eigenvalue weighted by atomic mass is 35.5. The van der Waals surface area contributed by atoms with Crippen molar-refractivity contribution in [2.75, 3.05) is 0 Å². The molecule has 0 N–H and O–H groups in total. The van der Waals surface area contributed by atoms with E-state index in [1.54, 1.807) is 29.8 Å². The lowest BCUT2D eigenvalue weighted by Crippen LogP contribution is -2.25. The van der Waals surface area contributed by atoms with E-state index < -0.39 is 11.2 Å². The molecule has 0 spiro atoms. The van der Waals surface area contributed by atoms with Crippen LogP contribution in [0.15, 0.2) is 23.7 Å². The van der Waals surface area contributed by atoms with Gasteiger partial charge in [0.25, 0.3) is 0 Å². The molecule has 0 aromatic carbocycles. The minimum absolute atomic E-state index is 0.241. The van der Waals surface area contributed by atoms with Gasteiger partial charge in [-0.2, -0.15) is 0 Å². The summed E-state index contributed by atoms with van der Waals surface area (Å²) >= 11 is 4.79. The van der Waals surface area contributed by atoms with Gasteiger partial charge in [-0.25, -0.2) is 0 Å². The average molecular weight is 244 g/mol. The van der Waals surface area contributed by atoms with Crippen LogP contribution in [0.4, 0.5) is 0 Å². The summed E-state index contributed by atoms with van der Waals surface area (Å²) in [7, 11) is 0. The lowest BCUT2D eigenvalue weighted by atomic mass is 10.3. The first kappa shape index (κ1) is 12.6. The van der Waals surface area contributed by atoms with Gasteiger partial charge >= 0.3 is 0 Å². The second-order valence-corrected chi connectivity index (χ2v) is 6.64. The summed E-state index contributed by atoms with van der Waals surface area (Å²) in [6, 6.07) is 3.44. The third-order valence-electron chi connectivity index (χ3n) is 1.71. The van der Waals surface area contributed by atoms with Crippen LogP contribution in [0.2, 0.25) is 5.02 Å². The third kappa shape index (κ3) is 4.24.